The van der Waals surface area contributed by atoms with Gasteiger partial charge in [0.25, 0.3) is 0 Å². The first-order valence-electron chi connectivity index (χ1n) is 6.04. The number of fused-ring (bicyclic) bond motifs is 1. The fraction of sp³-hybridized carbons (Fsp3) is 0.538. The highest BCUT2D eigenvalue weighted by atomic mass is 16.6. The maximum Gasteiger partial charge on any atom is 0.161 e. The Morgan fingerprint density at radius 2 is 2.00 bits per heavy atom. The minimum Gasteiger partial charge on any atom is -0.486 e. The number of piperidine rings is 1. The number of hydrogen-bond donors (Lipinski definition) is 1. The van der Waals surface area contributed by atoms with Crippen LogP contribution >= 0.6 is 0 Å². The zero-order valence-corrected chi connectivity index (χ0v) is 9.37. The van der Waals surface area contributed by atoms with Crippen LogP contribution in [0.5, 0.6) is 11.5 Å². The molecule has 0 unspecified atom stereocenters. The normalized spacial score (nSPS) is 24.1. The van der Waals surface area contributed by atoms with Crippen LogP contribution in [0.3, 0.4) is 0 Å². The van der Waals surface area contributed by atoms with Crippen molar-refractivity contribution in [3.05, 3.63) is 23.8 Å². The van der Waals surface area contributed by atoms with Crippen LogP contribution in [0.25, 0.3) is 0 Å². The predicted octanol–water partition coefficient (Wildman–Crippen LogP) is 1.92. The van der Waals surface area contributed by atoms with E-state index in [4.69, 9.17) is 9.47 Å². The van der Waals surface area contributed by atoms with Gasteiger partial charge in [-0.05, 0) is 43.0 Å². The van der Waals surface area contributed by atoms with Gasteiger partial charge in [0.05, 0.1) is 0 Å². The van der Waals surface area contributed by atoms with E-state index in [0.717, 1.165) is 24.6 Å². The molecule has 0 bridgehead atoms. The molecule has 0 amide bonds. The Morgan fingerprint density at radius 1 is 1.12 bits per heavy atom. The Kier molecular flexibility index (Phi) is 2.70. The average Bonchev–Trinajstić information content (AvgIpc) is 2.39. The monoisotopic (exact) mass is 219 g/mol. The maximum atomic E-state index is 5.61. The molecule has 1 atom stereocenters. The van der Waals surface area contributed by atoms with E-state index in [1.807, 2.05) is 6.07 Å². The fourth-order valence-electron chi connectivity index (χ4n) is 2.45. The van der Waals surface area contributed by atoms with E-state index in [9.17, 15) is 0 Å². The van der Waals surface area contributed by atoms with Gasteiger partial charge in [-0.1, -0.05) is 6.07 Å². The highest BCUT2D eigenvalue weighted by Crippen LogP contribution is 2.34. The van der Waals surface area contributed by atoms with Crippen molar-refractivity contribution in [2.45, 2.75) is 18.8 Å². The molecule has 0 aliphatic carbocycles. The molecule has 3 heteroatoms. The SMILES string of the molecule is c1cc2c(cc1[C@@H]1CCCNC1)OCCO2. The van der Waals surface area contributed by atoms with Crippen LogP contribution in [-0.4, -0.2) is 26.3 Å². The van der Waals surface area contributed by atoms with Crippen LogP contribution in [0.2, 0.25) is 0 Å². The highest BCUT2D eigenvalue weighted by molar-refractivity contribution is 5.44. The van der Waals surface area contributed by atoms with Crippen LogP contribution < -0.4 is 14.8 Å². The van der Waals surface area contributed by atoms with Crippen molar-refractivity contribution in [3.63, 3.8) is 0 Å². The van der Waals surface area contributed by atoms with Gasteiger partial charge in [-0.2, -0.15) is 0 Å². The summed E-state index contributed by atoms with van der Waals surface area (Å²) in [6.07, 6.45) is 2.53. The van der Waals surface area contributed by atoms with Gasteiger partial charge in [0.15, 0.2) is 11.5 Å². The van der Waals surface area contributed by atoms with Crippen molar-refractivity contribution in [3.8, 4) is 11.5 Å². The number of benzene rings is 1. The van der Waals surface area contributed by atoms with E-state index in [1.54, 1.807) is 0 Å². The summed E-state index contributed by atoms with van der Waals surface area (Å²) in [5.74, 6) is 2.43. The van der Waals surface area contributed by atoms with Gasteiger partial charge < -0.3 is 14.8 Å². The molecule has 1 saturated heterocycles. The lowest BCUT2D eigenvalue weighted by atomic mass is 9.91. The lowest BCUT2D eigenvalue weighted by Gasteiger charge is -2.25. The van der Waals surface area contributed by atoms with Gasteiger partial charge >= 0.3 is 0 Å². The first-order valence-corrected chi connectivity index (χ1v) is 6.04. The molecule has 0 radical (unpaired) electrons. The Balaban J connectivity index is 1.84. The van der Waals surface area contributed by atoms with Gasteiger partial charge in [-0.15, -0.1) is 0 Å². The molecule has 0 spiro atoms. The average molecular weight is 219 g/mol. The number of ether oxygens (including phenoxy) is 2. The van der Waals surface area contributed by atoms with Crippen molar-refractivity contribution in [2.24, 2.45) is 0 Å². The third-order valence-electron chi connectivity index (χ3n) is 3.33. The minimum absolute atomic E-state index is 0.629. The zero-order valence-electron chi connectivity index (χ0n) is 9.37. The topological polar surface area (TPSA) is 30.5 Å². The number of nitrogens with one attached hydrogen (secondary N) is 1. The summed E-state index contributed by atoms with van der Waals surface area (Å²) in [5, 5.41) is 3.44. The molecule has 0 saturated carbocycles. The molecule has 16 heavy (non-hydrogen) atoms. The third-order valence-corrected chi connectivity index (χ3v) is 3.33. The molecule has 1 aromatic rings. The lowest BCUT2D eigenvalue weighted by molar-refractivity contribution is 0.171. The van der Waals surface area contributed by atoms with Gasteiger partial charge in [0, 0.05) is 6.54 Å². The molecule has 3 nitrogen and oxygen atoms in total. The van der Waals surface area contributed by atoms with E-state index in [2.05, 4.69) is 17.4 Å². The summed E-state index contributed by atoms with van der Waals surface area (Å²) < 4.78 is 11.1. The first-order chi connectivity index (χ1) is 7.93. The van der Waals surface area contributed by atoms with Gasteiger partial charge in [0.2, 0.25) is 0 Å². The fourth-order valence-corrected chi connectivity index (χ4v) is 2.45. The van der Waals surface area contributed by atoms with Crippen molar-refractivity contribution in [1.29, 1.82) is 0 Å². The van der Waals surface area contributed by atoms with E-state index in [1.165, 1.54) is 18.4 Å². The Hall–Kier alpha value is -1.22. The number of hydrogen-bond acceptors (Lipinski definition) is 3. The second-order valence-electron chi connectivity index (χ2n) is 4.45. The van der Waals surface area contributed by atoms with Gasteiger partial charge in [-0.3, -0.25) is 0 Å². The Morgan fingerprint density at radius 3 is 2.81 bits per heavy atom. The largest absolute Gasteiger partial charge is 0.486 e. The molecule has 3 rings (SSSR count). The molecular weight excluding hydrogens is 202 g/mol. The zero-order chi connectivity index (χ0) is 10.8. The minimum atomic E-state index is 0.629. The van der Waals surface area contributed by atoms with Gasteiger partial charge in [0.1, 0.15) is 13.2 Å². The Bertz CT molecular complexity index is 372. The van der Waals surface area contributed by atoms with E-state index in [0.29, 0.717) is 19.1 Å². The molecule has 2 aliphatic rings. The van der Waals surface area contributed by atoms with Crippen LogP contribution in [0.1, 0.15) is 24.3 Å². The molecule has 1 aromatic carbocycles. The highest BCUT2D eigenvalue weighted by Gasteiger charge is 2.18. The van der Waals surface area contributed by atoms with E-state index < -0.39 is 0 Å². The van der Waals surface area contributed by atoms with Crippen LogP contribution in [0.15, 0.2) is 18.2 Å². The summed E-state index contributed by atoms with van der Waals surface area (Å²) in [4.78, 5) is 0. The number of rotatable bonds is 1. The molecule has 2 heterocycles. The van der Waals surface area contributed by atoms with Crippen molar-refractivity contribution in [1.82, 2.24) is 5.32 Å². The van der Waals surface area contributed by atoms with Crippen molar-refractivity contribution >= 4 is 0 Å². The molecular formula is C13H17NO2. The van der Waals surface area contributed by atoms with Gasteiger partial charge in [-0.25, -0.2) is 0 Å². The predicted molar refractivity (Wildman–Crippen MR) is 62.3 cm³/mol. The molecule has 86 valence electrons. The van der Waals surface area contributed by atoms with E-state index in [-0.39, 0.29) is 0 Å². The second-order valence-corrected chi connectivity index (χ2v) is 4.45. The summed E-state index contributed by atoms with van der Waals surface area (Å²) in [7, 11) is 0. The summed E-state index contributed by atoms with van der Waals surface area (Å²) in [5.41, 5.74) is 1.37. The van der Waals surface area contributed by atoms with Crippen LogP contribution in [0.4, 0.5) is 0 Å². The summed E-state index contributed by atoms with van der Waals surface area (Å²) in [6, 6.07) is 6.36. The van der Waals surface area contributed by atoms with Crippen molar-refractivity contribution < 1.29 is 9.47 Å². The smallest absolute Gasteiger partial charge is 0.161 e. The maximum absolute atomic E-state index is 5.61. The standard InChI is InChI=1S/C13H17NO2/c1-2-11(9-14-5-1)10-3-4-12-13(8-10)16-7-6-15-12/h3-4,8,11,14H,1-2,5-7,9H2/t11-/m1/s1. The van der Waals surface area contributed by atoms with E-state index >= 15 is 0 Å². The van der Waals surface area contributed by atoms with Crippen molar-refractivity contribution in [2.75, 3.05) is 26.3 Å². The first kappa shape index (κ1) is 9.97. The molecule has 2 aliphatic heterocycles. The molecule has 1 N–H and O–H groups in total. The lowest BCUT2D eigenvalue weighted by Crippen LogP contribution is -2.28. The van der Waals surface area contributed by atoms with Crippen LogP contribution in [0, 0.1) is 0 Å². The Labute approximate surface area is 95.8 Å². The second kappa shape index (κ2) is 4.34. The molecule has 1 fully saturated rings. The quantitative estimate of drug-likeness (QED) is 0.782. The molecule has 0 aromatic heterocycles. The summed E-state index contributed by atoms with van der Waals surface area (Å²) in [6.45, 7) is 3.57. The summed E-state index contributed by atoms with van der Waals surface area (Å²) >= 11 is 0. The third kappa shape index (κ3) is 1.87. The van der Waals surface area contributed by atoms with Crippen LogP contribution in [-0.2, 0) is 0 Å².